The van der Waals surface area contributed by atoms with Gasteiger partial charge in [0, 0.05) is 43.0 Å². The number of benzene rings is 1. The Kier molecular flexibility index (Phi) is 4.64. The van der Waals surface area contributed by atoms with E-state index in [-0.39, 0.29) is 5.91 Å². The number of hydrogen-bond acceptors (Lipinski definition) is 4. The van der Waals surface area contributed by atoms with E-state index in [1.165, 1.54) is 0 Å². The molecule has 0 bridgehead atoms. The maximum Gasteiger partial charge on any atom is 0.242 e. The number of aryl methyl sites for hydroxylation is 1. The number of nitrogens with zero attached hydrogens (tertiary/aromatic N) is 3. The lowest BCUT2D eigenvalue weighted by molar-refractivity contribution is -0.139. The van der Waals surface area contributed by atoms with Crippen molar-refractivity contribution in [2.24, 2.45) is 11.7 Å². The molecule has 1 aliphatic heterocycles. The number of amides is 1. The van der Waals surface area contributed by atoms with E-state index >= 15 is 4.39 Å². The zero-order valence-corrected chi connectivity index (χ0v) is 17.6. The molecule has 2 N–H and O–H groups in total. The molecule has 2 atom stereocenters. The Morgan fingerprint density at radius 3 is 2.58 bits per heavy atom. The minimum atomic E-state index is -1.95. The molecule has 2 aromatic rings. The lowest BCUT2D eigenvalue weighted by Crippen LogP contribution is -2.60. The Morgan fingerprint density at radius 2 is 1.90 bits per heavy atom. The van der Waals surface area contributed by atoms with Crippen LogP contribution in [0.3, 0.4) is 0 Å². The first-order chi connectivity index (χ1) is 14.9. The van der Waals surface area contributed by atoms with Gasteiger partial charge in [-0.1, -0.05) is 24.3 Å². The number of halogens is 1. The normalized spacial score (nSPS) is 27.9. The first-order valence-corrected chi connectivity index (χ1v) is 10.8. The topological polar surface area (TPSA) is 71.6 Å². The second kappa shape index (κ2) is 7.14. The van der Waals surface area contributed by atoms with Crippen molar-refractivity contribution in [2.75, 3.05) is 26.2 Å². The average molecular weight is 423 g/mol. The first kappa shape index (κ1) is 20.2. The summed E-state index contributed by atoms with van der Waals surface area (Å²) < 4.78 is 18.5. The Hall–Kier alpha value is -2.77. The molecular formula is C24H27FN4O2. The van der Waals surface area contributed by atoms with Gasteiger partial charge in [0.25, 0.3) is 0 Å². The van der Waals surface area contributed by atoms with E-state index in [0.29, 0.717) is 51.0 Å². The Bertz CT molecular complexity index is 1110. The number of alkyl halides is 1. The summed E-state index contributed by atoms with van der Waals surface area (Å²) in [6.45, 7) is 3.52. The lowest BCUT2D eigenvalue weighted by Gasteiger charge is -2.44. The number of aromatic nitrogens is 1. The van der Waals surface area contributed by atoms with E-state index in [1.807, 2.05) is 41.8 Å². The fourth-order valence-corrected chi connectivity index (χ4v) is 4.82. The summed E-state index contributed by atoms with van der Waals surface area (Å²) in [5, 5.41) is 1.08. The first-order valence-electron chi connectivity index (χ1n) is 10.8. The van der Waals surface area contributed by atoms with Crippen LogP contribution in [0, 0.1) is 12.8 Å². The van der Waals surface area contributed by atoms with Crippen LogP contribution in [0.5, 0.6) is 0 Å². The second-order valence-corrected chi connectivity index (χ2v) is 8.93. The summed E-state index contributed by atoms with van der Waals surface area (Å²) in [5.74, 6) is -2.88. The third-order valence-electron chi connectivity index (χ3n) is 6.86. The molecule has 1 saturated heterocycles. The van der Waals surface area contributed by atoms with Crippen LogP contribution in [0.15, 0.2) is 48.6 Å². The Labute approximate surface area is 180 Å². The van der Waals surface area contributed by atoms with Gasteiger partial charge in [0.2, 0.25) is 5.91 Å². The lowest BCUT2D eigenvalue weighted by atomic mass is 9.90. The van der Waals surface area contributed by atoms with E-state index in [2.05, 4.69) is 6.07 Å². The van der Waals surface area contributed by atoms with Gasteiger partial charge in [0.15, 0.2) is 5.79 Å². The molecule has 0 radical (unpaired) electrons. The van der Waals surface area contributed by atoms with Crippen molar-refractivity contribution in [2.45, 2.75) is 31.1 Å². The van der Waals surface area contributed by atoms with Crippen LogP contribution in [0.2, 0.25) is 0 Å². The predicted molar refractivity (Wildman–Crippen MR) is 118 cm³/mol. The summed E-state index contributed by atoms with van der Waals surface area (Å²) in [5.41, 5.74) is 8.04. The van der Waals surface area contributed by atoms with Gasteiger partial charge >= 0.3 is 0 Å². The maximum absolute atomic E-state index is 16.5. The molecule has 2 unspecified atom stereocenters. The van der Waals surface area contributed by atoms with Crippen molar-refractivity contribution in [3.05, 3.63) is 54.3 Å². The van der Waals surface area contributed by atoms with E-state index in [9.17, 15) is 9.59 Å². The zero-order chi connectivity index (χ0) is 21.8. The average Bonchev–Trinajstić information content (AvgIpc) is 3.44. The summed E-state index contributed by atoms with van der Waals surface area (Å²) in [6, 6.07) is 10.0. The SMILES string of the molecule is Cc1cc2ccccc2n1C1=CC(F)(N2CCN(C(=O)C3(N)CC3)CC2)C(C=O)C=C1. The van der Waals surface area contributed by atoms with Gasteiger partial charge in [-0.15, -0.1) is 0 Å². The minimum absolute atomic E-state index is 0.0406. The number of nitrogens with two attached hydrogens (primary N) is 1. The van der Waals surface area contributed by atoms with Crippen molar-refractivity contribution >= 4 is 28.8 Å². The van der Waals surface area contributed by atoms with Crippen molar-refractivity contribution < 1.29 is 14.0 Å². The molecule has 1 amide bonds. The molecule has 0 spiro atoms. The van der Waals surface area contributed by atoms with Crippen molar-refractivity contribution in [1.29, 1.82) is 0 Å². The third-order valence-corrected chi connectivity index (χ3v) is 6.86. The van der Waals surface area contributed by atoms with Crippen molar-refractivity contribution in [3.8, 4) is 0 Å². The van der Waals surface area contributed by atoms with Crippen LogP contribution in [-0.2, 0) is 9.59 Å². The third kappa shape index (κ3) is 3.23. The van der Waals surface area contributed by atoms with Gasteiger partial charge in [-0.3, -0.25) is 9.69 Å². The molecule has 1 aromatic heterocycles. The van der Waals surface area contributed by atoms with E-state index in [1.54, 1.807) is 22.0 Å². The zero-order valence-electron chi connectivity index (χ0n) is 17.6. The monoisotopic (exact) mass is 422 g/mol. The maximum atomic E-state index is 16.5. The predicted octanol–water partition coefficient (Wildman–Crippen LogP) is 2.48. The van der Waals surface area contributed by atoms with Gasteiger partial charge < -0.3 is 20.0 Å². The highest BCUT2D eigenvalue weighted by molar-refractivity contribution is 5.89. The van der Waals surface area contributed by atoms with E-state index < -0.39 is 17.2 Å². The summed E-state index contributed by atoms with van der Waals surface area (Å²) >= 11 is 0. The summed E-state index contributed by atoms with van der Waals surface area (Å²) in [4.78, 5) is 27.7. The standard InChI is InChI=1S/C24H27FN4O2/c1-17-14-18-4-2-3-5-21(18)29(17)20-7-6-19(16-30)24(25,15-20)28-12-10-27(11-13-28)22(31)23(26)8-9-23/h2-7,14-16,19H,8-13,26H2,1H3. The fourth-order valence-electron chi connectivity index (χ4n) is 4.82. The number of para-hydroxylation sites is 1. The van der Waals surface area contributed by atoms with Crippen LogP contribution in [0.4, 0.5) is 4.39 Å². The molecule has 31 heavy (non-hydrogen) atoms. The molecule has 1 saturated carbocycles. The number of allylic oxidation sites excluding steroid dienone is 2. The molecule has 7 heteroatoms. The number of carbonyl (C=O) groups is 2. The fraction of sp³-hybridized carbons (Fsp3) is 0.417. The van der Waals surface area contributed by atoms with Gasteiger partial charge in [-0.25, -0.2) is 4.39 Å². The van der Waals surface area contributed by atoms with Crippen LogP contribution in [-0.4, -0.2) is 64.1 Å². The molecule has 5 rings (SSSR count). The Morgan fingerprint density at radius 1 is 1.19 bits per heavy atom. The number of aldehydes is 1. The highest BCUT2D eigenvalue weighted by Gasteiger charge is 2.50. The molecule has 162 valence electrons. The molecule has 3 aliphatic rings. The van der Waals surface area contributed by atoms with Crippen LogP contribution >= 0.6 is 0 Å². The van der Waals surface area contributed by atoms with Gasteiger partial charge in [0.1, 0.15) is 6.29 Å². The number of hydrogen-bond donors (Lipinski definition) is 1. The summed E-state index contributed by atoms with van der Waals surface area (Å²) in [7, 11) is 0. The quantitative estimate of drug-likeness (QED) is 0.607. The molecular weight excluding hydrogens is 395 g/mol. The van der Waals surface area contributed by atoms with Gasteiger partial charge in [-0.05, 0) is 44.1 Å². The van der Waals surface area contributed by atoms with E-state index in [0.717, 1.165) is 16.6 Å². The van der Waals surface area contributed by atoms with Crippen LogP contribution in [0.1, 0.15) is 18.5 Å². The molecule has 6 nitrogen and oxygen atoms in total. The molecule has 2 fully saturated rings. The number of piperazine rings is 1. The molecule has 2 aliphatic carbocycles. The highest BCUT2D eigenvalue weighted by atomic mass is 19.1. The smallest absolute Gasteiger partial charge is 0.242 e. The Balaban J connectivity index is 1.44. The van der Waals surface area contributed by atoms with Crippen LogP contribution < -0.4 is 5.73 Å². The van der Waals surface area contributed by atoms with Crippen molar-refractivity contribution in [1.82, 2.24) is 14.4 Å². The van der Waals surface area contributed by atoms with Gasteiger partial charge in [0.05, 0.1) is 17.0 Å². The highest BCUT2D eigenvalue weighted by Crippen LogP contribution is 2.38. The number of rotatable bonds is 4. The number of carbonyl (C=O) groups excluding carboxylic acids is 2. The second-order valence-electron chi connectivity index (χ2n) is 8.93. The minimum Gasteiger partial charge on any atom is -0.339 e. The van der Waals surface area contributed by atoms with Gasteiger partial charge in [-0.2, -0.15) is 0 Å². The largest absolute Gasteiger partial charge is 0.339 e. The molecule has 2 heterocycles. The summed E-state index contributed by atoms with van der Waals surface area (Å²) in [6.07, 6.45) is 7.13. The van der Waals surface area contributed by atoms with E-state index in [4.69, 9.17) is 5.73 Å². The van der Waals surface area contributed by atoms with Crippen molar-refractivity contribution in [3.63, 3.8) is 0 Å². The number of fused-ring (bicyclic) bond motifs is 1. The molecule has 1 aromatic carbocycles. The van der Waals surface area contributed by atoms with Crippen LogP contribution in [0.25, 0.3) is 16.6 Å².